The number of hydrogen-bond donors (Lipinski definition) is 1. The van der Waals surface area contributed by atoms with Gasteiger partial charge in [0.25, 0.3) is 0 Å². The van der Waals surface area contributed by atoms with Crippen LogP contribution in [0.2, 0.25) is 0 Å². The number of aliphatic imine (C=N–C) groups is 1. The van der Waals surface area contributed by atoms with E-state index in [1.54, 1.807) is 6.20 Å². The first-order valence-corrected chi connectivity index (χ1v) is 9.94. The first-order chi connectivity index (χ1) is 14.9. The van der Waals surface area contributed by atoms with Crippen molar-refractivity contribution in [2.45, 2.75) is 12.7 Å². The fraction of sp³-hybridized carbons (Fsp3) is 0.182. The van der Waals surface area contributed by atoms with Crippen LogP contribution in [0.4, 0.5) is 5.95 Å². The number of nitrogens with zero attached hydrogens (tertiary/aromatic N) is 7. The Morgan fingerprint density at radius 2 is 1.93 bits per heavy atom. The average molecular weight is 396 g/mol. The van der Waals surface area contributed by atoms with Crippen LogP contribution in [0.5, 0.6) is 0 Å². The number of para-hydroxylation sites is 2. The van der Waals surface area contributed by atoms with E-state index in [2.05, 4.69) is 41.8 Å². The molecule has 1 atom stereocenters. The van der Waals surface area contributed by atoms with Crippen molar-refractivity contribution in [2.75, 3.05) is 18.2 Å². The molecule has 4 aromatic rings. The Bertz CT molecular complexity index is 1220. The summed E-state index contributed by atoms with van der Waals surface area (Å²) in [5.74, 6) is 1.72. The Balaban J connectivity index is 1.42. The molecule has 2 aliphatic heterocycles. The maximum Gasteiger partial charge on any atom is 0.216 e. The van der Waals surface area contributed by atoms with E-state index in [9.17, 15) is 0 Å². The summed E-state index contributed by atoms with van der Waals surface area (Å²) in [6.45, 7) is 2.03. The highest BCUT2D eigenvalue weighted by Gasteiger charge is 2.35. The Morgan fingerprint density at radius 1 is 1.00 bits per heavy atom. The van der Waals surface area contributed by atoms with Gasteiger partial charge in [0, 0.05) is 30.7 Å². The van der Waals surface area contributed by atoms with E-state index in [-0.39, 0.29) is 6.17 Å². The van der Waals surface area contributed by atoms with Gasteiger partial charge in [-0.25, -0.2) is 9.98 Å². The van der Waals surface area contributed by atoms with E-state index >= 15 is 0 Å². The molecule has 3 aromatic heterocycles. The SMILES string of the molecule is c1ccc(CN2CN=C3N[C@H](c4cccnc4)n4c(nc5ccccc54)N3C2)nc1. The summed E-state index contributed by atoms with van der Waals surface area (Å²) in [4.78, 5) is 23.0. The van der Waals surface area contributed by atoms with Crippen molar-refractivity contribution in [3.05, 3.63) is 84.4 Å². The number of benzene rings is 1. The largest absolute Gasteiger partial charge is 0.331 e. The molecule has 2 aliphatic rings. The van der Waals surface area contributed by atoms with Gasteiger partial charge in [-0.15, -0.1) is 0 Å². The summed E-state index contributed by atoms with van der Waals surface area (Å²) in [6.07, 6.45) is 5.40. The number of fused-ring (bicyclic) bond motifs is 5. The molecule has 1 aromatic carbocycles. The summed E-state index contributed by atoms with van der Waals surface area (Å²) >= 11 is 0. The Morgan fingerprint density at radius 3 is 2.80 bits per heavy atom. The van der Waals surface area contributed by atoms with Crippen molar-refractivity contribution in [1.29, 1.82) is 0 Å². The van der Waals surface area contributed by atoms with E-state index in [1.807, 2.05) is 54.9 Å². The summed E-state index contributed by atoms with van der Waals surface area (Å²) in [6, 6.07) is 18.3. The van der Waals surface area contributed by atoms with Crippen molar-refractivity contribution in [3.63, 3.8) is 0 Å². The predicted molar refractivity (Wildman–Crippen MR) is 115 cm³/mol. The molecule has 0 saturated carbocycles. The molecule has 1 N–H and O–H groups in total. The lowest BCUT2D eigenvalue weighted by atomic mass is 10.2. The maximum atomic E-state index is 4.96. The van der Waals surface area contributed by atoms with Crippen LogP contribution in [-0.2, 0) is 6.54 Å². The number of pyridine rings is 2. The molecule has 0 spiro atoms. The van der Waals surface area contributed by atoms with Crippen LogP contribution >= 0.6 is 0 Å². The predicted octanol–water partition coefficient (Wildman–Crippen LogP) is 2.57. The molecule has 0 radical (unpaired) electrons. The van der Waals surface area contributed by atoms with Crippen LogP contribution in [0.3, 0.4) is 0 Å². The number of guanidine groups is 1. The van der Waals surface area contributed by atoms with E-state index in [0.717, 1.165) is 40.7 Å². The number of aromatic nitrogens is 4. The van der Waals surface area contributed by atoms with Crippen LogP contribution in [-0.4, -0.2) is 43.7 Å². The molecule has 8 nitrogen and oxygen atoms in total. The average Bonchev–Trinajstić information content (AvgIpc) is 3.20. The van der Waals surface area contributed by atoms with Crippen LogP contribution < -0.4 is 10.2 Å². The van der Waals surface area contributed by atoms with Crippen molar-refractivity contribution >= 4 is 22.9 Å². The number of rotatable bonds is 3. The third-order valence-electron chi connectivity index (χ3n) is 5.47. The lowest BCUT2D eigenvalue weighted by Gasteiger charge is -2.41. The van der Waals surface area contributed by atoms with Gasteiger partial charge >= 0.3 is 0 Å². The molecule has 30 heavy (non-hydrogen) atoms. The van der Waals surface area contributed by atoms with Gasteiger partial charge in [-0.1, -0.05) is 24.3 Å². The number of anilines is 1. The molecular weight excluding hydrogens is 376 g/mol. The highest BCUT2D eigenvalue weighted by atomic mass is 15.5. The van der Waals surface area contributed by atoms with Crippen LogP contribution in [0.15, 0.2) is 78.2 Å². The van der Waals surface area contributed by atoms with E-state index in [4.69, 9.17) is 9.98 Å². The molecule has 0 saturated heterocycles. The molecule has 0 fully saturated rings. The highest BCUT2D eigenvalue weighted by Crippen LogP contribution is 2.33. The van der Waals surface area contributed by atoms with E-state index in [0.29, 0.717) is 13.3 Å². The molecule has 6 rings (SSSR count). The molecule has 0 amide bonds. The fourth-order valence-corrected chi connectivity index (χ4v) is 4.10. The maximum absolute atomic E-state index is 4.96. The van der Waals surface area contributed by atoms with Crippen LogP contribution in [0.25, 0.3) is 11.0 Å². The second-order valence-corrected chi connectivity index (χ2v) is 7.45. The van der Waals surface area contributed by atoms with Gasteiger partial charge in [0.2, 0.25) is 11.9 Å². The number of nitrogens with one attached hydrogen (secondary N) is 1. The second kappa shape index (κ2) is 6.93. The number of imidazole rings is 1. The van der Waals surface area contributed by atoms with Gasteiger partial charge in [0.1, 0.15) is 6.17 Å². The minimum atomic E-state index is -0.113. The van der Waals surface area contributed by atoms with E-state index in [1.165, 1.54) is 0 Å². The van der Waals surface area contributed by atoms with E-state index < -0.39 is 0 Å². The Kier molecular flexibility index (Phi) is 3.95. The summed E-state index contributed by atoms with van der Waals surface area (Å²) in [5, 5.41) is 3.61. The first kappa shape index (κ1) is 17.1. The summed E-state index contributed by atoms with van der Waals surface area (Å²) in [5.41, 5.74) is 4.14. The smallest absolute Gasteiger partial charge is 0.216 e. The van der Waals surface area contributed by atoms with Crippen molar-refractivity contribution in [2.24, 2.45) is 4.99 Å². The molecular formula is C22H20N8. The molecule has 8 heteroatoms. The zero-order valence-corrected chi connectivity index (χ0v) is 16.3. The van der Waals surface area contributed by atoms with Gasteiger partial charge in [-0.05, 0) is 30.3 Å². The monoisotopic (exact) mass is 396 g/mol. The quantitative estimate of drug-likeness (QED) is 0.574. The number of hydrogen-bond acceptors (Lipinski definition) is 7. The minimum Gasteiger partial charge on any atom is -0.331 e. The van der Waals surface area contributed by atoms with Gasteiger partial charge in [-0.3, -0.25) is 24.3 Å². The molecule has 0 aliphatic carbocycles. The normalized spacial score (nSPS) is 18.5. The summed E-state index contributed by atoms with van der Waals surface area (Å²) < 4.78 is 2.23. The van der Waals surface area contributed by atoms with Gasteiger partial charge in [0.15, 0.2) is 0 Å². The Hall–Kier alpha value is -3.78. The molecule has 0 bridgehead atoms. The molecule has 5 heterocycles. The summed E-state index contributed by atoms with van der Waals surface area (Å²) in [7, 11) is 0. The molecule has 148 valence electrons. The van der Waals surface area contributed by atoms with Gasteiger partial charge in [0.05, 0.1) is 30.1 Å². The zero-order valence-electron chi connectivity index (χ0n) is 16.3. The Labute approximate surface area is 173 Å². The van der Waals surface area contributed by atoms with Crippen molar-refractivity contribution in [1.82, 2.24) is 29.7 Å². The fourth-order valence-electron chi connectivity index (χ4n) is 4.10. The standard InChI is InChI=1S/C22H20N8/c1-2-9-19-18(8-1)26-22-29-15-28(13-17-7-3-4-11-24-17)14-25-21(29)27-20(30(19)22)16-6-5-10-23-12-16/h1-12,20H,13-15H2,(H,25,27)/t20-/m0/s1. The van der Waals surface area contributed by atoms with Crippen LogP contribution in [0.1, 0.15) is 17.4 Å². The lowest BCUT2D eigenvalue weighted by molar-refractivity contribution is 0.261. The third-order valence-corrected chi connectivity index (χ3v) is 5.47. The second-order valence-electron chi connectivity index (χ2n) is 7.45. The van der Waals surface area contributed by atoms with Gasteiger partial charge < -0.3 is 5.32 Å². The van der Waals surface area contributed by atoms with Crippen LogP contribution in [0, 0.1) is 0 Å². The minimum absolute atomic E-state index is 0.113. The molecule has 0 unspecified atom stereocenters. The van der Waals surface area contributed by atoms with Crippen molar-refractivity contribution in [3.8, 4) is 0 Å². The van der Waals surface area contributed by atoms with Crippen molar-refractivity contribution < 1.29 is 0 Å². The first-order valence-electron chi connectivity index (χ1n) is 9.94. The highest BCUT2D eigenvalue weighted by molar-refractivity contribution is 5.98. The third kappa shape index (κ3) is 2.81. The van der Waals surface area contributed by atoms with Gasteiger partial charge in [-0.2, -0.15) is 0 Å². The lowest BCUT2D eigenvalue weighted by Crippen LogP contribution is -2.57. The topological polar surface area (TPSA) is 74.5 Å². The zero-order chi connectivity index (χ0) is 19.9.